The fourth-order valence-electron chi connectivity index (χ4n) is 5.62. The van der Waals surface area contributed by atoms with E-state index in [-0.39, 0.29) is 11.8 Å². The minimum absolute atomic E-state index is 0.0444. The highest BCUT2D eigenvalue weighted by atomic mass is 16.5. The predicted molar refractivity (Wildman–Crippen MR) is 134 cm³/mol. The average Bonchev–Trinajstić information content (AvgIpc) is 3.43. The quantitative estimate of drug-likeness (QED) is 0.672. The second-order valence-corrected chi connectivity index (χ2v) is 9.94. The van der Waals surface area contributed by atoms with E-state index in [9.17, 15) is 9.59 Å². The van der Waals surface area contributed by atoms with Crippen molar-refractivity contribution in [2.75, 3.05) is 62.3 Å². The molecule has 186 valence electrons. The molecule has 4 heterocycles. The third-order valence-corrected chi connectivity index (χ3v) is 7.48. The molecule has 3 saturated heterocycles. The molecule has 3 aliphatic heterocycles. The third kappa shape index (κ3) is 4.96. The summed E-state index contributed by atoms with van der Waals surface area (Å²) in [6.07, 6.45) is 1.03. The summed E-state index contributed by atoms with van der Waals surface area (Å²) < 4.78 is 5.43. The first-order valence-electron chi connectivity index (χ1n) is 12.5. The lowest BCUT2D eigenvalue weighted by atomic mass is 10.0. The fourth-order valence-corrected chi connectivity index (χ4v) is 5.62. The van der Waals surface area contributed by atoms with Crippen molar-refractivity contribution in [1.82, 2.24) is 14.9 Å². The van der Waals surface area contributed by atoms with Gasteiger partial charge in [0.1, 0.15) is 0 Å². The molecule has 9 nitrogen and oxygen atoms in total. The Morgan fingerprint density at radius 3 is 2.29 bits per heavy atom. The number of rotatable bonds is 6. The number of carbonyl (C=O) groups is 2. The van der Waals surface area contributed by atoms with Crippen LogP contribution in [0.3, 0.4) is 0 Å². The number of likely N-dealkylation sites (tertiary alicyclic amines) is 1. The van der Waals surface area contributed by atoms with E-state index in [4.69, 9.17) is 10.5 Å². The largest absolute Gasteiger partial charge is 0.378 e. The second-order valence-electron chi connectivity index (χ2n) is 9.94. The van der Waals surface area contributed by atoms with E-state index < -0.39 is 0 Å². The van der Waals surface area contributed by atoms with Crippen LogP contribution >= 0.6 is 0 Å². The number of primary amides is 1. The average molecular weight is 479 g/mol. The Balaban J connectivity index is 1.23. The monoisotopic (exact) mass is 478 g/mol. The Morgan fingerprint density at radius 2 is 1.66 bits per heavy atom. The van der Waals surface area contributed by atoms with Crippen molar-refractivity contribution in [3.05, 3.63) is 46.8 Å². The van der Waals surface area contributed by atoms with Gasteiger partial charge >= 0.3 is 0 Å². The van der Waals surface area contributed by atoms with Crippen LogP contribution in [0.5, 0.6) is 0 Å². The highest BCUT2D eigenvalue weighted by Crippen LogP contribution is 2.35. The van der Waals surface area contributed by atoms with Crippen molar-refractivity contribution in [1.29, 1.82) is 0 Å². The standard InChI is InChI=1S/C26H34N6O3/c1-17-24(18(2)29-26(28-17)30-8-10-35-11-9-30)25(34)32-15-20-13-31(14-21(20)16-32)22-5-3-4-19(12-22)6-7-23(27)33/h3-5,12,20-21H,6-11,13-16H2,1-2H3,(H2,27,33). The van der Waals surface area contributed by atoms with Crippen molar-refractivity contribution in [3.8, 4) is 0 Å². The summed E-state index contributed by atoms with van der Waals surface area (Å²) in [6.45, 7) is 10.1. The predicted octanol–water partition coefficient (Wildman–Crippen LogP) is 1.56. The molecule has 2 atom stereocenters. The van der Waals surface area contributed by atoms with Gasteiger partial charge < -0.3 is 25.2 Å². The molecule has 1 aromatic heterocycles. The number of nitrogens with two attached hydrogens (primary N) is 1. The lowest BCUT2D eigenvalue weighted by Gasteiger charge is -2.28. The molecule has 2 N–H and O–H groups in total. The van der Waals surface area contributed by atoms with Crippen molar-refractivity contribution < 1.29 is 14.3 Å². The van der Waals surface area contributed by atoms with Crippen LogP contribution in [-0.4, -0.2) is 79.2 Å². The van der Waals surface area contributed by atoms with Crippen molar-refractivity contribution in [2.24, 2.45) is 17.6 Å². The molecule has 1 aromatic carbocycles. The van der Waals surface area contributed by atoms with Gasteiger partial charge in [-0.2, -0.15) is 0 Å². The summed E-state index contributed by atoms with van der Waals surface area (Å²) in [7, 11) is 0. The van der Waals surface area contributed by atoms with E-state index in [1.807, 2.05) is 30.9 Å². The molecule has 0 bridgehead atoms. The van der Waals surface area contributed by atoms with Crippen molar-refractivity contribution in [3.63, 3.8) is 0 Å². The van der Waals surface area contributed by atoms with E-state index in [0.717, 1.165) is 56.2 Å². The summed E-state index contributed by atoms with van der Waals surface area (Å²) >= 11 is 0. The van der Waals surface area contributed by atoms with E-state index in [1.54, 1.807) is 0 Å². The van der Waals surface area contributed by atoms with Crippen LogP contribution in [0.2, 0.25) is 0 Å². The van der Waals surface area contributed by atoms with Gasteiger partial charge in [-0.3, -0.25) is 9.59 Å². The number of nitrogens with zero attached hydrogens (tertiary/aromatic N) is 5. The van der Waals surface area contributed by atoms with Gasteiger partial charge in [-0.25, -0.2) is 9.97 Å². The number of benzene rings is 1. The summed E-state index contributed by atoms with van der Waals surface area (Å²) in [4.78, 5) is 40.5. The molecule has 9 heteroatoms. The van der Waals surface area contributed by atoms with Gasteiger partial charge in [-0.15, -0.1) is 0 Å². The van der Waals surface area contributed by atoms with Gasteiger partial charge in [0.2, 0.25) is 11.9 Å². The minimum Gasteiger partial charge on any atom is -0.378 e. The molecule has 2 unspecified atom stereocenters. The number of anilines is 2. The molecule has 35 heavy (non-hydrogen) atoms. The Bertz CT molecular complexity index is 1080. The van der Waals surface area contributed by atoms with E-state index in [1.165, 1.54) is 5.69 Å². The zero-order valence-electron chi connectivity index (χ0n) is 20.6. The summed E-state index contributed by atoms with van der Waals surface area (Å²) in [5.74, 6) is 1.35. The Hall–Kier alpha value is -3.20. The lowest BCUT2D eigenvalue weighted by molar-refractivity contribution is -0.117. The zero-order valence-corrected chi connectivity index (χ0v) is 20.6. The highest BCUT2D eigenvalue weighted by Gasteiger charge is 2.42. The topological polar surface area (TPSA) is 105 Å². The van der Waals surface area contributed by atoms with Crippen LogP contribution in [0.25, 0.3) is 0 Å². The maximum atomic E-state index is 13.5. The van der Waals surface area contributed by atoms with Crippen LogP contribution < -0.4 is 15.5 Å². The van der Waals surface area contributed by atoms with Gasteiger partial charge in [0.15, 0.2) is 0 Å². The van der Waals surface area contributed by atoms with Gasteiger partial charge in [0.05, 0.1) is 30.2 Å². The molecule has 2 aromatic rings. The number of ether oxygens (including phenoxy) is 1. The van der Waals surface area contributed by atoms with E-state index in [2.05, 4.69) is 31.9 Å². The van der Waals surface area contributed by atoms with Crippen molar-refractivity contribution >= 4 is 23.5 Å². The SMILES string of the molecule is Cc1nc(N2CCOCC2)nc(C)c1C(=O)N1CC2CN(c3cccc(CCC(N)=O)c3)CC2C1. The number of hydrogen-bond acceptors (Lipinski definition) is 7. The van der Waals surface area contributed by atoms with Gasteiger partial charge in [0, 0.05) is 63.2 Å². The van der Waals surface area contributed by atoms with Gasteiger partial charge in [0.25, 0.3) is 5.91 Å². The van der Waals surface area contributed by atoms with Crippen LogP contribution in [0, 0.1) is 25.7 Å². The maximum absolute atomic E-state index is 13.5. The van der Waals surface area contributed by atoms with E-state index in [0.29, 0.717) is 49.4 Å². The number of hydrogen-bond donors (Lipinski definition) is 1. The number of amides is 2. The van der Waals surface area contributed by atoms with Crippen LogP contribution in [0.4, 0.5) is 11.6 Å². The highest BCUT2D eigenvalue weighted by molar-refractivity contribution is 5.96. The second kappa shape index (κ2) is 9.81. The number of carbonyl (C=O) groups excluding carboxylic acids is 2. The molecule has 3 fully saturated rings. The normalized spacial score (nSPS) is 21.9. The van der Waals surface area contributed by atoms with Crippen LogP contribution in [0.1, 0.15) is 33.7 Å². The maximum Gasteiger partial charge on any atom is 0.257 e. The van der Waals surface area contributed by atoms with Crippen LogP contribution in [-0.2, 0) is 16.0 Å². The van der Waals surface area contributed by atoms with Gasteiger partial charge in [-0.1, -0.05) is 12.1 Å². The molecule has 0 aliphatic carbocycles. The molecule has 2 amide bonds. The van der Waals surface area contributed by atoms with Gasteiger partial charge in [-0.05, 0) is 38.0 Å². The molecule has 0 spiro atoms. The number of morpholine rings is 1. The Labute approximate surface area is 206 Å². The zero-order chi connectivity index (χ0) is 24.5. The molecular weight excluding hydrogens is 444 g/mol. The molecule has 0 saturated carbocycles. The number of aryl methyl sites for hydroxylation is 3. The first-order valence-corrected chi connectivity index (χ1v) is 12.5. The van der Waals surface area contributed by atoms with Crippen LogP contribution in [0.15, 0.2) is 24.3 Å². The van der Waals surface area contributed by atoms with Crippen molar-refractivity contribution in [2.45, 2.75) is 26.7 Å². The molecular formula is C26H34N6O3. The number of aromatic nitrogens is 2. The first-order chi connectivity index (χ1) is 16.9. The summed E-state index contributed by atoms with van der Waals surface area (Å²) in [6, 6.07) is 8.37. The fraction of sp³-hybridized carbons (Fsp3) is 0.538. The summed E-state index contributed by atoms with van der Waals surface area (Å²) in [5, 5.41) is 0. The molecule has 0 radical (unpaired) electrons. The Morgan fingerprint density at radius 1 is 1.00 bits per heavy atom. The first kappa shape index (κ1) is 23.5. The Kier molecular flexibility index (Phi) is 6.60. The molecule has 3 aliphatic rings. The van der Waals surface area contributed by atoms with E-state index >= 15 is 0 Å². The lowest BCUT2D eigenvalue weighted by Crippen LogP contribution is -2.38. The smallest absolute Gasteiger partial charge is 0.257 e. The molecule has 5 rings (SSSR count). The number of fused-ring (bicyclic) bond motifs is 1. The summed E-state index contributed by atoms with van der Waals surface area (Å²) in [5.41, 5.74) is 9.74. The minimum atomic E-state index is -0.275. The third-order valence-electron chi connectivity index (χ3n) is 7.48.